The van der Waals surface area contributed by atoms with Gasteiger partial charge in [0.05, 0.1) is 19.7 Å². The molecule has 0 aliphatic rings. The Morgan fingerprint density at radius 2 is 1.77 bits per heavy atom. The van der Waals surface area contributed by atoms with E-state index in [1.54, 1.807) is 14.2 Å². The zero-order valence-electron chi connectivity index (χ0n) is 12.3. The van der Waals surface area contributed by atoms with Crippen molar-refractivity contribution in [1.29, 1.82) is 0 Å². The number of anilines is 3. The van der Waals surface area contributed by atoms with Crippen LogP contribution in [0.2, 0.25) is 0 Å². The summed E-state index contributed by atoms with van der Waals surface area (Å²) in [6.45, 7) is 0. The number of methoxy groups -OCH3 is 2. The summed E-state index contributed by atoms with van der Waals surface area (Å²) in [7, 11) is 3.20. The van der Waals surface area contributed by atoms with Gasteiger partial charge in [-0.05, 0) is 30.3 Å². The molecule has 2 aromatic carbocycles. The lowest BCUT2D eigenvalue weighted by molar-refractivity contribution is 0.355. The van der Waals surface area contributed by atoms with Crippen molar-refractivity contribution in [2.45, 2.75) is 0 Å². The summed E-state index contributed by atoms with van der Waals surface area (Å²) in [6, 6.07) is 11.1. The molecule has 6 nitrogen and oxygen atoms in total. The lowest BCUT2D eigenvalue weighted by atomic mass is 10.2. The van der Waals surface area contributed by atoms with Crippen molar-refractivity contribution < 1.29 is 9.47 Å². The minimum absolute atomic E-state index is 0.644. The highest BCUT2D eigenvalue weighted by Gasteiger charge is 2.08. The Hall–Kier alpha value is -3.02. The second-order valence-electron chi connectivity index (χ2n) is 4.69. The highest BCUT2D eigenvalue weighted by Crippen LogP contribution is 2.32. The highest BCUT2D eigenvalue weighted by atomic mass is 16.5. The molecule has 0 radical (unpaired) electrons. The number of hydrogen-bond donors (Lipinski definition) is 2. The Morgan fingerprint density at radius 3 is 2.55 bits per heavy atom. The molecule has 0 fully saturated rings. The summed E-state index contributed by atoms with van der Waals surface area (Å²) in [5.41, 5.74) is 8.17. The molecule has 0 saturated heterocycles. The lowest BCUT2D eigenvalue weighted by Gasteiger charge is -2.12. The van der Waals surface area contributed by atoms with E-state index in [1.807, 2.05) is 36.4 Å². The summed E-state index contributed by atoms with van der Waals surface area (Å²) in [5.74, 6) is 2.00. The average molecular weight is 296 g/mol. The molecule has 22 heavy (non-hydrogen) atoms. The molecular weight excluding hydrogens is 280 g/mol. The molecule has 112 valence electrons. The lowest BCUT2D eigenvalue weighted by Crippen LogP contribution is -1.98. The van der Waals surface area contributed by atoms with Gasteiger partial charge in [0, 0.05) is 22.8 Å². The summed E-state index contributed by atoms with van der Waals surface area (Å²) >= 11 is 0. The molecule has 0 unspecified atom stereocenters. The fourth-order valence-electron chi connectivity index (χ4n) is 2.22. The van der Waals surface area contributed by atoms with Gasteiger partial charge in [0.1, 0.15) is 12.1 Å². The monoisotopic (exact) mass is 296 g/mol. The van der Waals surface area contributed by atoms with E-state index in [-0.39, 0.29) is 0 Å². The molecule has 1 heterocycles. The van der Waals surface area contributed by atoms with Crippen LogP contribution >= 0.6 is 0 Å². The van der Waals surface area contributed by atoms with E-state index >= 15 is 0 Å². The van der Waals surface area contributed by atoms with Gasteiger partial charge in [-0.1, -0.05) is 0 Å². The molecule has 0 amide bonds. The van der Waals surface area contributed by atoms with Gasteiger partial charge >= 0.3 is 0 Å². The molecule has 0 bridgehead atoms. The second-order valence-corrected chi connectivity index (χ2v) is 4.69. The fourth-order valence-corrected chi connectivity index (χ4v) is 2.22. The number of ether oxygens (including phenoxy) is 2. The average Bonchev–Trinajstić information content (AvgIpc) is 2.55. The topological polar surface area (TPSA) is 82.3 Å². The van der Waals surface area contributed by atoms with Gasteiger partial charge in [0.2, 0.25) is 0 Å². The number of rotatable bonds is 4. The molecule has 3 N–H and O–H groups in total. The highest BCUT2D eigenvalue weighted by molar-refractivity contribution is 5.92. The van der Waals surface area contributed by atoms with Crippen LogP contribution in [0, 0.1) is 0 Å². The number of hydrogen-bond acceptors (Lipinski definition) is 6. The van der Waals surface area contributed by atoms with Crippen molar-refractivity contribution in [2.24, 2.45) is 0 Å². The largest absolute Gasteiger partial charge is 0.493 e. The van der Waals surface area contributed by atoms with Gasteiger partial charge < -0.3 is 20.5 Å². The molecule has 3 rings (SSSR count). The molecular formula is C16H16N4O2. The van der Waals surface area contributed by atoms with Crippen LogP contribution in [0.25, 0.3) is 10.9 Å². The number of nitrogens with one attached hydrogen (secondary N) is 1. The van der Waals surface area contributed by atoms with E-state index in [0.717, 1.165) is 16.6 Å². The van der Waals surface area contributed by atoms with Gasteiger partial charge in [-0.3, -0.25) is 0 Å². The predicted octanol–water partition coefficient (Wildman–Crippen LogP) is 2.97. The molecule has 3 aromatic rings. The first-order chi connectivity index (χ1) is 10.7. The number of nitrogens with zero attached hydrogens (tertiary/aromatic N) is 2. The normalized spacial score (nSPS) is 10.5. The first-order valence-electron chi connectivity index (χ1n) is 6.70. The van der Waals surface area contributed by atoms with Crippen LogP contribution in [-0.4, -0.2) is 24.2 Å². The van der Waals surface area contributed by atoms with E-state index in [4.69, 9.17) is 15.2 Å². The van der Waals surface area contributed by atoms with Crippen LogP contribution in [0.15, 0.2) is 42.7 Å². The maximum absolute atomic E-state index is 5.85. The third-order valence-corrected chi connectivity index (χ3v) is 3.31. The van der Waals surface area contributed by atoms with Gasteiger partial charge in [-0.25, -0.2) is 9.97 Å². The van der Waals surface area contributed by atoms with Crippen molar-refractivity contribution in [2.75, 3.05) is 25.3 Å². The van der Waals surface area contributed by atoms with E-state index in [2.05, 4.69) is 15.3 Å². The van der Waals surface area contributed by atoms with Crippen molar-refractivity contribution in [3.8, 4) is 11.5 Å². The zero-order chi connectivity index (χ0) is 15.5. The summed E-state index contributed by atoms with van der Waals surface area (Å²) in [6.07, 6.45) is 1.52. The van der Waals surface area contributed by atoms with Crippen molar-refractivity contribution in [3.05, 3.63) is 42.7 Å². The van der Waals surface area contributed by atoms with Gasteiger partial charge in [-0.15, -0.1) is 0 Å². The number of nitrogens with two attached hydrogens (primary N) is 1. The smallest absolute Gasteiger partial charge is 0.162 e. The first-order valence-corrected chi connectivity index (χ1v) is 6.70. The van der Waals surface area contributed by atoms with E-state index in [1.165, 1.54) is 6.33 Å². The summed E-state index contributed by atoms with van der Waals surface area (Å²) < 4.78 is 10.5. The van der Waals surface area contributed by atoms with Crippen molar-refractivity contribution in [1.82, 2.24) is 9.97 Å². The Kier molecular flexibility index (Phi) is 3.65. The van der Waals surface area contributed by atoms with Gasteiger partial charge in [0.25, 0.3) is 0 Å². The summed E-state index contributed by atoms with van der Waals surface area (Å²) in [4.78, 5) is 8.53. The quantitative estimate of drug-likeness (QED) is 0.720. The number of fused-ring (bicyclic) bond motifs is 1. The van der Waals surface area contributed by atoms with E-state index in [0.29, 0.717) is 23.0 Å². The van der Waals surface area contributed by atoms with Crippen LogP contribution in [-0.2, 0) is 0 Å². The summed E-state index contributed by atoms with van der Waals surface area (Å²) in [5, 5.41) is 4.12. The molecule has 0 atom stereocenters. The molecule has 1 aromatic heterocycles. The minimum Gasteiger partial charge on any atom is -0.493 e. The maximum atomic E-state index is 5.85. The number of benzene rings is 2. The Morgan fingerprint density at radius 1 is 0.955 bits per heavy atom. The molecule has 6 heteroatoms. The van der Waals surface area contributed by atoms with Gasteiger partial charge in [-0.2, -0.15) is 0 Å². The second kappa shape index (κ2) is 5.77. The van der Waals surface area contributed by atoms with Crippen LogP contribution < -0.4 is 20.5 Å². The first kappa shape index (κ1) is 13.9. The van der Waals surface area contributed by atoms with Crippen molar-refractivity contribution in [3.63, 3.8) is 0 Å². The third kappa shape index (κ3) is 2.58. The van der Waals surface area contributed by atoms with Crippen LogP contribution in [0.5, 0.6) is 11.5 Å². The molecule has 0 aliphatic carbocycles. The van der Waals surface area contributed by atoms with Crippen LogP contribution in [0.1, 0.15) is 0 Å². The molecule has 0 aliphatic heterocycles. The third-order valence-electron chi connectivity index (χ3n) is 3.31. The van der Waals surface area contributed by atoms with Gasteiger partial charge in [0.15, 0.2) is 11.5 Å². The maximum Gasteiger partial charge on any atom is 0.162 e. The Bertz CT molecular complexity index is 820. The van der Waals surface area contributed by atoms with Crippen LogP contribution in [0.4, 0.5) is 17.2 Å². The fraction of sp³-hybridized carbons (Fsp3) is 0.125. The van der Waals surface area contributed by atoms with E-state index < -0.39 is 0 Å². The molecule has 0 spiro atoms. The van der Waals surface area contributed by atoms with Crippen LogP contribution in [0.3, 0.4) is 0 Å². The zero-order valence-corrected chi connectivity index (χ0v) is 12.3. The molecule has 0 saturated carbocycles. The SMILES string of the molecule is COc1ccc(Nc2ncnc3ccc(N)cc23)cc1OC. The Labute approximate surface area is 127 Å². The predicted molar refractivity (Wildman–Crippen MR) is 86.8 cm³/mol. The minimum atomic E-state index is 0.644. The Balaban J connectivity index is 2.01. The number of nitrogen functional groups attached to an aromatic ring is 1. The standard InChI is InChI=1S/C16H16N4O2/c1-21-14-6-4-11(8-15(14)22-2)20-16-12-7-10(17)3-5-13(12)18-9-19-16/h3-9H,17H2,1-2H3,(H,18,19,20). The number of aromatic nitrogens is 2. The van der Waals surface area contributed by atoms with Crippen molar-refractivity contribution >= 4 is 28.1 Å². The van der Waals surface area contributed by atoms with E-state index in [9.17, 15) is 0 Å².